The van der Waals surface area contributed by atoms with Crippen LogP contribution >= 0.6 is 0 Å². The van der Waals surface area contributed by atoms with Gasteiger partial charge in [-0.1, -0.05) is 30.3 Å². The number of hydrogen-bond acceptors (Lipinski definition) is 4. The molecule has 0 aliphatic heterocycles. The van der Waals surface area contributed by atoms with Gasteiger partial charge >= 0.3 is 12.1 Å². The largest absolute Gasteiger partial charge is 0.471 e. The van der Waals surface area contributed by atoms with Gasteiger partial charge < -0.3 is 10.6 Å². The van der Waals surface area contributed by atoms with Gasteiger partial charge in [0.25, 0.3) is 11.5 Å². The molecule has 0 spiro atoms. The van der Waals surface area contributed by atoms with Gasteiger partial charge in [-0.2, -0.15) is 18.4 Å². The van der Waals surface area contributed by atoms with Crippen LogP contribution < -0.4 is 16.2 Å². The fourth-order valence-corrected chi connectivity index (χ4v) is 3.12. The van der Waals surface area contributed by atoms with Gasteiger partial charge in [0.15, 0.2) is 0 Å². The Balaban J connectivity index is 1.88. The van der Waals surface area contributed by atoms with E-state index >= 15 is 0 Å². The number of aromatic nitrogens is 2. The Hall–Kier alpha value is -4.59. The molecule has 2 aromatic carbocycles. The number of nitrogens with zero attached hydrogens (tertiary/aromatic N) is 3. The number of alkyl halides is 3. The van der Waals surface area contributed by atoms with Crippen molar-refractivity contribution in [2.45, 2.75) is 13.1 Å². The Morgan fingerprint density at radius 3 is 2.35 bits per heavy atom. The number of carbonyl (C=O) groups is 2. The number of amides is 2. The van der Waals surface area contributed by atoms with Crippen LogP contribution in [0.3, 0.4) is 0 Å². The van der Waals surface area contributed by atoms with Gasteiger partial charge in [-0.25, -0.2) is 4.68 Å². The average molecular weight is 469 g/mol. The Morgan fingerprint density at radius 2 is 1.74 bits per heavy atom. The number of para-hydroxylation sites is 1. The van der Waals surface area contributed by atoms with Crippen molar-refractivity contribution in [1.29, 1.82) is 5.26 Å². The van der Waals surface area contributed by atoms with Gasteiger partial charge in [0.1, 0.15) is 17.3 Å². The average Bonchev–Trinajstić information content (AvgIpc) is 3.00. The number of carbonyl (C=O) groups excluding carboxylic acids is 2. The van der Waals surface area contributed by atoms with Crippen LogP contribution in [0.25, 0.3) is 11.8 Å². The molecule has 0 unspecified atom stereocenters. The molecule has 3 aromatic rings. The normalized spacial score (nSPS) is 11.6. The third-order valence-electron chi connectivity index (χ3n) is 4.87. The topological polar surface area (TPSA) is 109 Å². The second-order valence-electron chi connectivity index (χ2n) is 7.14. The molecule has 0 aliphatic carbocycles. The summed E-state index contributed by atoms with van der Waals surface area (Å²) in [5.74, 6) is -3.03. The lowest BCUT2D eigenvalue weighted by atomic mass is 10.1. The molecule has 0 fully saturated rings. The predicted octanol–water partition coefficient (Wildman–Crippen LogP) is 3.53. The van der Waals surface area contributed by atoms with Crippen LogP contribution in [0.2, 0.25) is 0 Å². The summed E-state index contributed by atoms with van der Waals surface area (Å²) in [5.41, 5.74) is 0.117. The van der Waals surface area contributed by atoms with Gasteiger partial charge in [0.05, 0.1) is 11.4 Å². The Kier molecular flexibility index (Phi) is 6.72. The molecule has 11 heteroatoms. The van der Waals surface area contributed by atoms with Crippen LogP contribution in [0, 0.1) is 18.3 Å². The predicted molar refractivity (Wildman–Crippen MR) is 119 cm³/mol. The van der Waals surface area contributed by atoms with Crippen LogP contribution in [0.1, 0.15) is 11.3 Å². The van der Waals surface area contributed by atoms with Crippen molar-refractivity contribution < 1.29 is 22.8 Å². The summed E-state index contributed by atoms with van der Waals surface area (Å²) >= 11 is 0. The number of halogens is 3. The van der Waals surface area contributed by atoms with Gasteiger partial charge in [-0.15, -0.1) is 0 Å². The minimum Gasteiger partial charge on any atom is -0.318 e. The molecule has 0 saturated heterocycles. The lowest BCUT2D eigenvalue weighted by molar-refractivity contribution is -0.167. The van der Waals surface area contributed by atoms with E-state index in [2.05, 4.69) is 5.32 Å². The minimum absolute atomic E-state index is 0.0244. The fraction of sp³-hybridized carbons (Fsp3) is 0.130. The molecule has 0 radical (unpaired) electrons. The number of nitriles is 1. The molecule has 8 nitrogen and oxygen atoms in total. The highest BCUT2D eigenvalue weighted by atomic mass is 19.4. The molecule has 2 amide bonds. The second kappa shape index (κ2) is 9.50. The van der Waals surface area contributed by atoms with Crippen molar-refractivity contribution in [1.82, 2.24) is 9.36 Å². The second-order valence-corrected chi connectivity index (χ2v) is 7.14. The van der Waals surface area contributed by atoms with E-state index < -0.39 is 29.1 Å². The van der Waals surface area contributed by atoms with Crippen LogP contribution in [-0.2, 0) is 16.6 Å². The SMILES string of the molecule is Cc1c(NC(=O)/C(C#N)=C/c2cccc(NC(=O)C(F)(F)F)c2)c(=O)n(-c2ccccc2)n1C. The standard InChI is InChI=1S/C23H18F3N5O3/c1-14-19(21(33)31(30(14)2)18-9-4-3-5-10-18)29-20(32)16(13-27)11-15-7-6-8-17(12-15)28-22(34)23(24,25)26/h3-12H,1-2H3,(H,28,34)(H,29,32)/b16-11+. The van der Waals surface area contributed by atoms with E-state index in [1.54, 1.807) is 60.4 Å². The summed E-state index contributed by atoms with van der Waals surface area (Å²) in [6.07, 6.45) is -3.93. The van der Waals surface area contributed by atoms with Crippen molar-refractivity contribution in [3.63, 3.8) is 0 Å². The van der Waals surface area contributed by atoms with Crippen LogP contribution in [-0.4, -0.2) is 27.4 Å². The van der Waals surface area contributed by atoms with E-state index in [4.69, 9.17) is 0 Å². The molecule has 0 atom stereocenters. The van der Waals surface area contributed by atoms with Crippen molar-refractivity contribution in [3.8, 4) is 11.8 Å². The van der Waals surface area contributed by atoms with Crippen LogP contribution in [0.4, 0.5) is 24.5 Å². The minimum atomic E-state index is -5.07. The highest BCUT2D eigenvalue weighted by Crippen LogP contribution is 2.20. The maximum atomic E-state index is 12.9. The first-order valence-corrected chi connectivity index (χ1v) is 9.78. The lowest BCUT2D eigenvalue weighted by Crippen LogP contribution is -2.29. The summed E-state index contributed by atoms with van der Waals surface area (Å²) in [4.78, 5) is 36.8. The maximum absolute atomic E-state index is 12.9. The third kappa shape index (κ3) is 5.07. The molecular weight excluding hydrogens is 451 g/mol. The van der Waals surface area contributed by atoms with E-state index in [0.717, 1.165) is 6.08 Å². The number of rotatable bonds is 5. The van der Waals surface area contributed by atoms with Crippen LogP contribution in [0.15, 0.2) is 65.0 Å². The summed E-state index contributed by atoms with van der Waals surface area (Å²) in [7, 11) is 1.64. The molecule has 34 heavy (non-hydrogen) atoms. The van der Waals surface area contributed by atoms with E-state index in [9.17, 15) is 32.8 Å². The third-order valence-corrected chi connectivity index (χ3v) is 4.87. The Labute approximate surface area is 191 Å². The summed E-state index contributed by atoms with van der Waals surface area (Å²) in [6.45, 7) is 1.62. The number of hydrogen-bond donors (Lipinski definition) is 2. The van der Waals surface area contributed by atoms with Crippen LogP contribution in [0.5, 0.6) is 0 Å². The van der Waals surface area contributed by atoms with Crippen molar-refractivity contribution in [2.24, 2.45) is 7.05 Å². The zero-order valence-corrected chi connectivity index (χ0v) is 18.0. The van der Waals surface area contributed by atoms with Gasteiger partial charge in [-0.05, 0) is 42.8 Å². The van der Waals surface area contributed by atoms with E-state index in [1.165, 1.54) is 28.9 Å². The first-order chi connectivity index (χ1) is 16.0. The van der Waals surface area contributed by atoms with Gasteiger partial charge in [0.2, 0.25) is 0 Å². The number of nitrogens with one attached hydrogen (secondary N) is 2. The first-order valence-electron chi connectivity index (χ1n) is 9.78. The lowest BCUT2D eigenvalue weighted by Gasteiger charge is -2.08. The Bertz CT molecular complexity index is 1380. The van der Waals surface area contributed by atoms with Gasteiger partial charge in [0, 0.05) is 12.7 Å². The first kappa shape index (κ1) is 24.1. The zero-order valence-electron chi connectivity index (χ0n) is 18.0. The quantitative estimate of drug-likeness (QED) is 0.440. The van der Waals surface area contributed by atoms with E-state index in [0.29, 0.717) is 11.4 Å². The van der Waals surface area contributed by atoms with Crippen molar-refractivity contribution >= 4 is 29.3 Å². The molecule has 0 aliphatic rings. The highest BCUT2D eigenvalue weighted by Gasteiger charge is 2.38. The summed E-state index contributed by atoms with van der Waals surface area (Å²) in [6, 6.07) is 15.6. The molecule has 0 saturated carbocycles. The molecule has 2 N–H and O–H groups in total. The molecular formula is C23H18F3N5O3. The summed E-state index contributed by atoms with van der Waals surface area (Å²) in [5, 5.41) is 13.6. The molecule has 174 valence electrons. The van der Waals surface area contributed by atoms with E-state index in [-0.39, 0.29) is 16.9 Å². The number of anilines is 2. The Morgan fingerprint density at radius 1 is 1.06 bits per heavy atom. The van der Waals surface area contributed by atoms with Gasteiger partial charge in [-0.3, -0.25) is 19.1 Å². The molecule has 1 heterocycles. The van der Waals surface area contributed by atoms with Crippen molar-refractivity contribution in [2.75, 3.05) is 10.6 Å². The maximum Gasteiger partial charge on any atom is 0.471 e. The van der Waals surface area contributed by atoms with Crippen molar-refractivity contribution in [3.05, 3.63) is 81.8 Å². The van der Waals surface area contributed by atoms with E-state index in [1.807, 2.05) is 0 Å². The zero-order chi connectivity index (χ0) is 25.0. The monoisotopic (exact) mass is 469 g/mol. The highest BCUT2D eigenvalue weighted by molar-refractivity contribution is 6.10. The molecule has 3 rings (SSSR count). The number of benzene rings is 2. The summed E-state index contributed by atoms with van der Waals surface area (Å²) < 4.78 is 40.3. The molecule has 1 aromatic heterocycles. The fourth-order valence-electron chi connectivity index (χ4n) is 3.12. The smallest absolute Gasteiger partial charge is 0.318 e. The molecule has 0 bridgehead atoms.